The molecule has 1 aliphatic heterocycles. The van der Waals surface area contributed by atoms with Gasteiger partial charge in [-0.1, -0.05) is 30.9 Å². The summed E-state index contributed by atoms with van der Waals surface area (Å²) in [5, 5.41) is 23.4. The topological polar surface area (TPSA) is 72.5 Å². The summed E-state index contributed by atoms with van der Waals surface area (Å²) in [6, 6.07) is 5.92. The number of nitrogens with zero attached hydrogens (tertiary/aromatic N) is 3. The van der Waals surface area contributed by atoms with Crippen molar-refractivity contribution in [3.05, 3.63) is 45.2 Å². The Morgan fingerprint density at radius 1 is 1.35 bits per heavy atom. The second-order valence-corrected chi connectivity index (χ2v) is 8.16. The van der Waals surface area contributed by atoms with Gasteiger partial charge in [-0.15, -0.1) is 0 Å². The molecule has 1 aliphatic rings. The first kappa shape index (κ1) is 17.7. The average Bonchev–Trinajstić information content (AvgIpc) is 2.69. The number of rotatable bonds is 5. The molecule has 8 heteroatoms. The van der Waals surface area contributed by atoms with E-state index in [4.69, 9.17) is 12.2 Å². The molecule has 1 fully saturated rings. The first-order valence-corrected chi connectivity index (χ1v) is 8.53. The Morgan fingerprint density at radius 2 is 1.96 bits per heavy atom. The number of non-ortho nitro benzene ring substituents is 1. The molecule has 1 heterocycles. The van der Waals surface area contributed by atoms with Crippen LogP contribution in [0, 0.1) is 15.3 Å². The van der Waals surface area contributed by atoms with E-state index in [9.17, 15) is 15.3 Å². The van der Waals surface area contributed by atoms with E-state index in [0.717, 1.165) is 22.0 Å². The van der Waals surface area contributed by atoms with E-state index in [0.29, 0.717) is 5.56 Å². The second kappa shape index (κ2) is 6.84. The third kappa shape index (κ3) is 3.81. The highest BCUT2D eigenvalue weighted by Gasteiger charge is 2.49. The lowest BCUT2D eigenvalue weighted by Gasteiger charge is -2.29. The summed E-state index contributed by atoms with van der Waals surface area (Å²) in [6.07, 6.45) is 1.97. The molecule has 0 spiro atoms. The molecule has 1 saturated heterocycles. The normalized spacial score (nSPS) is 20.8. The predicted molar refractivity (Wildman–Crippen MR) is 96.9 cm³/mol. The molecule has 1 unspecified atom stereocenters. The molecule has 0 aromatic heterocycles. The number of hydrogen-bond acceptors (Lipinski definition) is 5. The Balaban J connectivity index is 2.30. The molecule has 0 bridgehead atoms. The molecule has 6 nitrogen and oxygen atoms in total. The van der Waals surface area contributed by atoms with E-state index < -0.39 is 11.1 Å². The predicted octanol–water partition coefficient (Wildman–Crippen LogP) is 3.37. The van der Waals surface area contributed by atoms with Crippen LogP contribution >= 0.6 is 24.0 Å². The average molecular weight is 353 g/mol. The molecule has 0 saturated carbocycles. The van der Waals surface area contributed by atoms with Gasteiger partial charge in [0, 0.05) is 24.2 Å². The summed E-state index contributed by atoms with van der Waals surface area (Å²) in [6.45, 7) is 6.77. The zero-order valence-corrected chi connectivity index (χ0v) is 14.9. The summed E-state index contributed by atoms with van der Waals surface area (Å²) in [5.74, 6) is 0. The van der Waals surface area contributed by atoms with Gasteiger partial charge in [-0.2, -0.15) is 4.74 Å². The van der Waals surface area contributed by atoms with Crippen LogP contribution in [-0.4, -0.2) is 42.6 Å². The number of hydroxylamine groups is 1. The van der Waals surface area contributed by atoms with Crippen molar-refractivity contribution in [2.75, 3.05) is 6.54 Å². The molecule has 0 amide bonds. The van der Waals surface area contributed by atoms with Crippen LogP contribution in [0.1, 0.15) is 32.8 Å². The summed E-state index contributed by atoms with van der Waals surface area (Å²) in [5.41, 5.74) is 0.630. The summed E-state index contributed by atoms with van der Waals surface area (Å²) in [7, 11) is 0. The van der Waals surface area contributed by atoms with E-state index >= 15 is 0 Å². The van der Waals surface area contributed by atoms with E-state index in [1.165, 1.54) is 30.1 Å². The third-order valence-corrected chi connectivity index (χ3v) is 5.22. The standard InChI is InChI=1S/C15H19N3O3S2/c1-4-9-16-13(15(2,3)23-14(16)22)17(19)10-11-5-7-12(8-6-11)18(20)21/h5-8,10,13H,4,9H2,1-3H3. The number of thioether (sulfide) groups is 1. The molecule has 0 N–H and O–H groups in total. The SMILES string of the molecule is CCCN1C(=S)SC(C)(C)C1[N+]([O-])=Cc1ccc([N+](=O)[O-])cc1. The van der Waals surface area contributed by atoms with E-state index in [-0.39, 0.29) is 10.4 Å². The molecule has 1 aromatic rings. The van der Waals surface area contributed by atoms with Crippen LogP contribution in [0.25, 0.3) is 0 Å². The first-order valence-electron chi connectivity index (χ1n) is 7.30. The largest absolute Gasteiger partial charge is 0.622 e. The summed E-state index contributed by atoms with van der Waals surface area (Å²) in [4.78, 5) is 12.2. The minimum atomic E-state index is -0.461. The van der Waals surface area contributed by atoms with Crippen LogP contribution in [0.5, 0.6) is 0 Å². The van der Waals surface area contributed by atoms with E-state index in [1.807, 2.05) is 25.7 Å². The highest BCUT2D eigenvalue weighted by Crippen LogP contribution is 2.41. The van der Waals surface area contributed by atoms with Crippen molar-refractivity contribution < 1.29 is 9.66 Å². The van der Waals surface area contributed by atoms with Crippen LogP contribution in [-0.2, 0) is 0 Å². The fraction of sp³-hybridized carbons (Fsp3) is 0.467. The van der Waals surface area contributed by atoms with Crippen molar-refractivity contribution >= 4 is 40.2 Å². The Bertz CT molecular complexity index is 644. The lowest BCUT2D eigenvalue weighted by molar-refractivity contribution is -0.523. The van der Waals surface area contributed by atoms with Crippen molar-refractivity contribution in [3.8, 4) is 0 Å². The molecule has 124 valence electrons. The number of nitro benzene ring substituents is 1. The molecule has 0 aliphatic carbocycles. The molecule has 0 radical (unpaired) electrons. The zero-order valence-electron chi connectivity index (χ0n) is 13.3. The van der Waals surface area contributed by atoms with Crippen molar-refractivity contribution in [1.82, 2.24) is 4.90 Å². The number of hydrogen-bond donors (Lipinski definition) is 0. The van der Waals surface area contributed by atoms with Crippen molar-refractivity contribution in [1.29, 1.82) is 0 Å². The quantitative estimate of drug-likeness (QED) is 0.202. The maximum atomic E-state index is 12.7. The maximum absolute atomic E-state index is 12.7. The molecule has 1 aromatic carbocycles. The highest BCUT2D eigenvalue weighted by molar-refractivity contribution is 8.24. The van der Waals surface area contributed by atoms with Gasteiger partial charge < -0.3 is 5.21 Å². The van der Waals surface area contributed by atoms with E-state index in [1.54, 1.807) is 12.1 Å². The van der Waals surface area contributed by atoms with Crippen LogP contribution in [0.3, 0.4) is 0 Å². The highest BCUT2D eigenvalue weighted by atomic mass is 32.2. The smallest absolute Gasteiger partial charge is 0.269 e. The van der Waals surface area contributed by atoms with Crippen LogP contribution < -0.4 is 0 Å². The lowest BCUT2D eigenvalue weighted by atomic mass is 10.1. The number of nitro groups is 1. The molecule has 1 atom stereocenters. The van der Waals surface area contributed by atoms with Gasteiger partial charge in [0.05, 0.1) is 4.92 Å². The minimum Gasteiger partial charge on any atom is -0.622 e. The Hall–Kier alpha value is -1.67. The van der Waals surface area contributed by atoms with Crippen molar-refractivity contribution in [2.24, 2.45) is 0 Å². The van der Waals surface area contributed by atoms with Crippen LogP contribution in [0.15, 0.2) is 24.3 Å². The van der Waals surface area contributed by atoms with Gasteiger partial charge in [-0.25, -0.2) is 0 Å². The van der Waals surface area contributed by atoms with Gasteiger partial charge in [-0.3, -0.25) is 15.0 Å². The zero-order chi connectivity index (χ0) is 17.2. The Morgan fingerprint density at radius 3 is 2.48 bits per heavy atom. The van der Waals surface area contributed by atoms with E-state index in [2.05, 4.69) is 0 Å². The van der Waals surface area contributed by atoms with Gasteiger partial charge in [0.1, 0.15) is 9.07 Å². The van der Waals surface area contributed by atoms with Gasteiger partial charge in [0.2, 0.25) is 0 Å². The summed E-state index contributed by atoms with van der Waals surface area (Å²) >= 11 is 6.93. The summed E-state index contributed by atoms with van der Waals surface area (Å²) < 4.78 is 1.31. The minimum absolute atomic E-state index is 0.00476. The second-order valence-electron chi connectivity index (χ2n) is 5.88. The molecular weight excluding hydrogens is 334 g/mol. The number of benzene rings is 1. The van der Waals surface area contributed by atoms with Gasteiger partial charge in [0.15, 0.2) is 6.21 Å². The third-order valence-electron chi connectivity index (χ3n) is 3.59. The lowest BCUT2D eigenvalue weighted by Crippen LogP contribution is -2.48. The monoisotopic (exact) mass is 353 g/mol. The van der Waals surface area contributed by atoms with Crippen molar-refractivity contribution in [3.63, 3.8) is 0 Å². The van der Waals surface area contributed by atoms with Crippen LogP contribution in [0.2, 0.25) is 0 Å². The maximum Gasteiger partial charge on any atom is 0.269 e. The fourth-order valence-electron chi connectivity index (χ4n) is 2.61. The van der Waals surface area contributed by atoms with Crippen molar-refractivity contribution in [2.45, 2.75) is 38.1 Å². The van der Waals surface area contributed by atoms with Crippen LogP contribution in [0.4, 0.5) is 5.69 Å². The Labute approximate surface area is 144 Å². The molecular formula is C15H19N3O3S2. The molecule has 23 heavy (non-hydrogen) atoms. The first-order chi connectivity index (χ1) is 10.8. The van der Waals surface area contributed by atoms with Gasteiger partial charge in [0.25, 0.3) is 11.9 Å². The van der Waals surface area contributed by atoms with Gasteiger partial charge >= 0.3 is 0 Å². The number of thiocarbonyl (C=S) groups is 1. The van der Waals surface area contributed by atoms with Gasteiger partial charge in [-0.05, 0) is 32.4 Å². The fourth-order valence-corrected chi connectivity index (χ4v) is 4.54. The molecule has 2 rings (SSSR count). The Kier molecular flexibility index (Phi) is 5.26.